The molecule has 35 heavy (non-hydrogen) atoms. The van der Waals surface area contributed by atoms with E-state index < -0.39 is 30.3 Å². The second-order valence-corrected chi connectivity index (χ2v) is 9.03. The van der Waals surface area contributed by atoms with Gasteiger partial charge in [0.2, 0.25) is 6.23 Å². The van der Waals surface area contributed by atoms with Crippen LogP contribution in [0, 0.1) is 18.3 Å². The summed E-state index contributed by atoms with van der Waals surface area (Å²) >= 11 is 17.8. The molecule has 4 rings (SSSR count). The van der Waals surface area contributed by atoms with Crippen LogP contribution in [0.1, 0.15) is 39.9 Å². The van der Waals surface area contributed by atoms with Gasteiger partial charge in [0, 0.05) is 17.5 Å². The first-order valence-electron chi connectivity index (χ1n) is 9.96. The van der Waals surface area contributed by atoms with Gasteiger partial charge in [-0.05, 0) is 42.3 Å². The molecule has 2 aliphatic heterocycles. The Labute approximate surface area is 212 Å². The molecule has 1 N–H and O–H groups in total. The van der Waals surface area contributed by atoms with Gasteiger partial charge in [-0.2, -0.15) is 18.4 Å². The number of aryl methyl sites for hydroxylation is 1. The second kappa shape index (κ2) is 9.22. The van der Waals surface area contributed by atoms with E-state index in [1.165, 1.54) is 18.2 Å². The number of oxime groups is 2. The fourth-order valence-corrected chi connectivity index (χ4v) is 4.29. The number of benzene rings is 2. The SMILES string of the molecule is Cc1cc(C2=NOC(c3cc(Cl)c(Cl)c(Cl)c3)(C(F)(F)F)C2)ccc1C(=O)NC1CC(C#N)=NO1. The van der Waals surface area contributed by atoms with Crippen molar-refractivity contribution in [2.24, 2.45) is 10.3 Å². The Balaban J connectivity index is 1.57. The van der Waals surface area contributed by atoms with Gasteiger partial charge in [-0.15, -0.1) is 0 Å². The van der Waals surface area contributed by atoms with Gasteiger partial charge in [0.15, 0.2) is 5.71 Å². The van der Waals surface area contributed by atoms with Crippen molar-refractivity contribution >= 4 is 52.1 Å². The van der Waals surface area contributed by atoms with Crippen LogP contribution in [0.3, 0.4) is 0 Å². The van der Waals surface area contributed by atoms with E-state index in [1.54, 1.807) is 6.92 Å². The molecule has 2 aromatic rings. The third-order valence-corrected chi connectivity index (χ3v) is 6.73. The van der Waals surface area contributed by atoms with Crippen LogP contribution in [0.5, 0.6) is 0 Å². The fourth-order valence-electron chi connectivity index (χ4n) is 3.69. The van der Waals surface area contributed by atoms with Crippen LogP contribution in [-0.2, 0) is 15.3 Å². The summed E-state index contributed by atoms with van der Waals surface area (Å²) in [7, 11) is 0. The van der Waals surface area contributed by atoms with Gasteiger partial charge in [0.05, 0.1) is 27.2 Å². The number of nitrogens with one attached hydrogen (secondary N) is 1. The van der Waals surface area contributed by atoms with Crippen molar-refractivity contribution < 1.29 is 27.6 Å². The van der Waals surface area contributed by atoms with Crippen LogP contribution in [0.4, 0.5) is 13.2 Å². The molecule has 0 radical (unpaired) electrons. The molecule has 2 aromatic carbocycles. The first-order valence-corrected chi connectivity index (χ1v) is 11.1. The topological polar surface area (TPSA) is 96.1 Å². The molecule has 2 aliphatic rings. The standard InChI is InChI=1S/C22H14Cl3F3N4O3/c1-10-4-11(2-3-14(10)20(33)30-18-7-13(9-29)31-34-18)17-8-21(35-32-17,22(26,27)28)12-5-15(23)19(25)16(24)6-12/h2-6,18H,7-8H2,1H3,(H,30,33). The van der Waals surface area contributed by atoms with Gasteiger partial charge in [0.25, 0.3) is 11.5 Å². The minimum Gasteiger partial charge on any atom is -0.374 e. The summed E-state index contributed by atoms with van der Waals surface area (Å²) in [6.07, 6.45) is -6.17. The summed E-state index contributed by atoms with van der Waals surface area (Å²) in [6, 6.07) is 8.38. The molecule has 13 heteroatoms. The smallest absolute Gasteiger partial charge is 0.374 e. The largest absolute Gasteiger partial charge is 0.435 e. The predicted octanol–water partition coefficient (Wildman–Crippen LogP) is 5.89. The van der Waals surface area contributed by atoms with Gasteiger partial charge >= 0.3 is 6.18 Å². The van der Waals surface area contributed by atoms with Crippen LogP contribution in [-0.4, -0.2) is 29.7 Å². The van der Waals surface area contributed by atoms with E-state index in [-0.39, 0.29) is 44.0 Å². The maximum atomic E-state index is 14.2. The number of hydrogen-bond donors (Lipinski definition) is 1. The number of alkyl halides is 3. The molecule has 2 atom stereocenters. The number of carbonyl (C=O) groups is 1. The zero-order valence-corrected chi connectivity index (χ0v) is 20.0. The average molecular weight is 546 g/mol. The number of nitriles is 1. The van der Waals surface area contributed by atoms with Crippen LogP contribution in [0.25, 0.3) is 0 Å². The van der Waals surface area contributed by atoms with E-state index in [0.29, 0.717) is 11.1 Å². The Bertz CT molecular complexity index is 1300. The molecular weight excluding hydrogens is 532 g/mol. The van der Waals surface area contributed by atoms with Crippen LogP contribution in [0.15, 0.2) is 40.6 Å². The molecule has 7 nitrogen and oxygen atoms in total. The molecule has 0 spiro atoms. The highest BCUT2D eigenvalue weighted by molar-refractivity contribution is 6.48. The molecule has 2 heterocycles. The minimum absolute atomic E-state index is 0.0192. The highest BCUT2D eigenvalue weighted by Gasteiger charge is 2.62. The van der Waals surface area contributed by atoms with Crippen molar-refractivity contribution in [3.8, 4) is 6.07 Å². The fraction of sp³-hybridized carbons (Fsp3) is 0.273. The van der Waals surface area contributed by atoms with E-state index in [1.807, 2.05) is 6.07 Å². The number of nitrogens with zero attached hydrogens (tertiary/aromatic N) is 3. The van der Waals surface area contributed by atoms with Crippen molar-refractivity contribution in [1.29, 1.82) is 5.26 Å². The Morgan fingerprint density at radius 2 is 1.89 bits per heavy atom. The average Bonchev–Trinajstić information content (AvgIpc) is 3.44. The zero-order chi connectivity index (χ0) is 25.5. The molecule has 0 aliphatic carbocycles. The summed E-state index contributed by atoms with van der Waals surface area (Å²) in [6.45, 7) is 1.62. The zero-order valence-electron chi connectivity index (χ0n) is 17.7. The Hall–Kier alpha value is -3.00. The van der Waals surface area contributed by atoms with Crippen LogP contribution < -0.4 is 5.32 Å². The molecule has 0 saturated heterocycles. The van der Waals surface area contributed by atoms with E-state index in [4.69, 9.17) is 49.7 Å². The summed E-state index contributed by atoms with van der Waals surface area (Å²) in [5.41, 5.74) is -1.91. The lowest BCUT2D eigenvalue weighted by Gasteiger charge is -2.30. The van der Waals surface area contributed by atoms with E-state index >= 15 is 0 Å². The maximum Gasteiger partial charge on any atom is 0.435 e. The summed E-state index contributed by atoms with van der Waals surface area (Å²) in [4.78, 5) is 22.6. The van der Waals surface area contributed by atoms with E-state index in [2.05, 4.69) is 15.6 Å². The van der Waals surface area contributed by atoms with E-state index in [0.717, 1.165) is 12.1 Å². The molecule has 0 fully saturated rings. The van der Waals surface area contributed by atoms with Gasteiger partial charge in [-0.3, -0.25) is 4.79 Å². The molecule has 1 amide bonds. The van der Waals surface area contributed by atoms with Gasteiger partial charge in [0.1, 0.15) is 6.07 Å². The number of hydrogen-bond acceptors (Lipinski definition) is 6. The first-order chi connectivity index (χ1) is 16.4. The number of amides is 1. The highest BCUT2D eigenvalue weighted by atomic mass is 35.5. The monoisotopic (exact) mass is 544 g/mol. The van der Waals surface area contributed by atoms with Crippen molar-refractivity contribution in [3.63, 3.8) is 0 Å². The van der Waals surface area contributed by atoms with Crippen molar-refractivity contribution in [2.45, 2.75) is 37.8 Å². The molecule has 0 bridgehead atoms. The van der Waals surface area contributed by atoms with E-state index in [9.17, 15) is 18.0 Å². The van der Waals surface area contributed by atoms with Crippen LogP contribution >= 0.6 is 34.8 Å². The lowest BCUT2D eigenvalue weighted by Crippen LogP contribution is -2.42. The highest BCUT2D eigenvalue weighted by Crippen LogP contribution is 2.50. The Morgan fingerprint density at radius 3 is 2.46 bits per heavy atom. The Morgan fingerprint density at radius 1 is 1.20 bits per heavy atom. The molecule has 2 unspecified atom stereocenters. The van der Waals surface area contributed by atoms with Crippen molar-refractivity contribution in [3.05, 3.63) is 67.7 Å². The van der Waals surface area contributed by atoms with Gasteiger partial charge in [-0.1, -0.05) is 51.2 Å². The summed E-state index contributed by atoms with van der Waals surface area (Å²) in [5.74, 6) is -0.492. The minimum atomic E-state index is -4.86. The molecular formula is C22H14Cl3F3N4O3. The Kier molecular flexibility index (Phi) is 6.62. The first kappa shape index (κ1) is 25.1. The number of halogens is 6. The van der Waals surface area contributed by atoms with Gasteiger partial charge in [-0.25, -0.2) is 0 Å². The number of rotatable bonds is 4. The molecule has 0 aromatic heterocycles. The normalized spacial score (nSPS) is 21.5. The number of carbonyl (C=O) groups excluding carboxylic acids is 1. The second-order valence-electron chi connectivity index (χ2n) is 7.84. The van der Waals surface area contributed by atoms with Crippen molar-refractivity contribution in [2.75, 3.05) is 0 Å². The third kappa shape index (κ3) is 4.63. The molecule has 182 valence electrons. The van der Waals surface area contributed by atoms with Crippen LogP contribution in [0.2, 0.25) is 15.1 Å². The van der Waals surface area contributed by atoms with Gasteiger partial charge < -0.3 is 15.0 Å². The summed E-state index contributed by atoms with van der Waals surface area (Å²) in [5, 5.41) is 18.3. The van der Waals surface area contributed by atoms with Crippen molar-refractivity contribution in [1.82, 2.24) is 5.32 Å². The lowest BCUT2D eigenvalue weighted by molar-refractivity contribution is -0.275. The maximum absolute atomic E-state index is 14.2. The quantitative estimate of drug-likeness (QED) is 0.484. The summed E-state index contributed by atoms with van der Waals surface area (Å²) < 4.78 is 42.7. The molecule has 0 saturated carbocycles. The predicted molar refractivity (Wildman–Crippen MR) is 123 cm³/mol. The lowest BCUT2D eigenvalue weighted by atomic mass is 9.86. The third-order valence-electron chi connectivity index (χ3n) is 5.53.